The molecule has 1 unspecified atom stereocenters. The zero-order valence-electron chi connectivity index (χ0n) is 10.0. The number of carboxylic acid groups (broad SMARTS) is 1. The summed E-state index contributed by atoms with van der Waals surface area (Å²) in [4.78, 5) is 24.8. The highest BCUT2D eigenvalue weighted by atomic mass is 16.4. The van der Waals surface area contributed by atoms with Crippen molar-refractivity contribution in [2.24, 2.45) is 0 Å². The summed E-state index contributed by atoms with van der Waals surface area (Å²) in [6.07, 6.45) is 6.52. The fourth-order valence-electron chi connectivity index (χ4n) is 2.88. The second kappa shape index (κ2) is 5.49. The number of carbonyl (C=O) groups is 2. The Bertz CT molecular complexity index is 298. The van der Waals surface area contributed by atoms with E-state index in [2.05, 4.69) is 5.32 Å². The van der Waals surface area contributed by atoms with Gasteiger partial charge >= 0.3 is 5.97 Å². The average molecular weight is 240 g/mol. The summed E-state index contributed by atoms with van der Waals surface area (Å²) in [5, 5.41) is 12.1. The number of hydrogen-bond acceptors (Lipinski definition) is 3. The summed E-state index contributed by atoms with van der Waals surface area (Å²) in [6, 6.07) is -0.549. The monoisotopic (exact) mass is 240 g/mol. The molecule has 1 heterocycles. The van der Waals surface area contributed by atoms with E-state index in [0.29, 0.717) is 6.54 Å². The Balaban J connectivity index is 2.12. The van der Waals surface area contributed by atoms with Crippen LogP contribution in [0.5, 0.6) is 0 Å². The Labute approximate surface area is 101 Å². The van der Waals surface area contributed by atoms with E-state index >= 15 is 0 Å². The van der Waals surface area contributed by atoms with Gasteiger partial charge in [0.05, 0.1) is 6.54 Å². The number of nitrogens with zero attached hydrogens (tertiary/aromatic N) is 1. The van der Waals surface area contributed by atoms with Gasteiger partial charge in [-0.3, -0.25) is 4.79 Å². The molecule has 0 aromatic heterocycles. The minimum Gasteiger partial charge on any atom is -0.480 e. The highest BCUT2D eigenvalue weighted by Gasteiger charge is 2.37. The molecule has 96 valence electrons. The second-order valence-corrected chi connectivity index (χ2v) is 4.93. The van der Waals surface area contributed by atoms with Gasteiger partial charge in [0, 0.05) is 12.6 Å². The highest BCUT2D eigenvalue weighted by molar-refractivity contribution is 5.86. The number of rotatable bonds is 2. The van der Waals surface area contributed by atoms with E-state index in [0.717, 1.165) is 25.7 Å². The summed E-state index contributed by atoms with van der Waals surface area (Å²) in [7, 11) is 0. The van der Waals surface area contributed by atoms with Crippen LogP contribution in [-0.2, 0) is 9.59 Å². The molecule has 5 nitrogen and oxygen atoms in total. The first kappa shape index (κ1) is 12.4. The van der Waals surface area contributed by atoms with Crippen LogP contribution in [0.1, 0.15) is 38.5 Å². The number of piperazine rings is 1. The number of amides is 1. The van der Waals surface area contributed by atoms with Gasteiger partial charge in [-0.25, -0.2) is 4.79 Å². The van der Waals surface area contributed by atoms with Crippen LogP contribution in [0.4, 0.5) is 0 Å². The summed E-state index contributed by atoms with van der Waals surface area (Å²) in [6.45, 7) is 0.651. The van der Waals surface area contributed by atoms with Gasteiger partial charge in [-0.05, 0) is 12.8 Å². The third-order valence-corrected chi connectivity index (χ3v) is 3.74. The summed E-state index contributed by atoms with van der Waals surface area (Å²) in [5.74, 6) is -0.953. The molecule has 1 aliphatic heterocycles. The molecule has 1 aliphatic carbocycles. The van der Waals surface area contributed by atoms with Crippen molar-refractivity contribution in [1.82, 2.24) is 10.2 Å². The fraction of sp³-hybridized carbons (Fsp3) is 0.833. The lowest BCUT2D eigenvalue weighted by molar-refractivity contribution is -0.154. The van der Waals surface area contributed by atoms with E-state index in [-0.39, 0.29) is 18.5 Å². The first-order valence-electron chi connectivity index (χ1n) is 6.45. The van der Waals surface area contributed by atoms with Gasteiger partial charge < -0.3 is 15.3 Å². The Kier molecular flexibility index (Phi) is 3.99. The molecule has 2 rings (SSSR count). The molecule has 1 saturated heterocycles. The van der Waals surface area contributed by atoms with E-state index in [1.807, 2.05) is 0 Å². The van der Waals surface area contributed by atoms with Gasteiger partial charge in [0.2, 0.25) is 5.91 Å². The molecule has 0 aromatic rings. The van der Waals surface area contributed by atoms with Crippen molar-refractivity contribution in [3.8, 4) is 0 Å². The maximum Gasteiger partial charge on any atom is 0.327 e. The summed E-state index contributed by atoms with van der Waals surface area (Å²) in [5.41, 5.74) is 0. The molecule has 5 heteroatoms. The topological polar surface area (TPSA) is 69.6 Å². The van der Waals surface area contributed by atoms with Gasteiger partial charge in [-0.2, -0.15) is 0 Å². The standard InChI is InChI=1S/C12H20N2O3/c15-11-8-13-7-10(12(16)17)14(11)9-5-3-1-2-4-6-9/h9-10,13H,1-8H2,(H,16,17). The van der Waals surface area contributed by atoms with Crippen LogP contribution in [0.25, 0.3) is 0 Å². The highest BCUT2D eigenvalue weighted by Crippen LogP contribution is 2.24. The van der Waals surface area contributed by atoms with Gasteiger partial charge in [0.25, 0.3) is 0 Å². The lowest BCUT2D eigenvalue weighted by Crippen LogP contribution is -2.61. The molecule has 0 bridgehead atoms. The molecule has 17 heavy (non-hydrogen) atoms. The van der Waals surface area contributed by atoms with Crippen molar-refractivity contribution in [2.75, 3.05) is 13.1 Å². The lowest BCUT2D eigenvalue weighted by Gasteiger charge is -2.39. The number of aliphatic carboxylic acids is 1. The van der Waals surface area contributed by atoms with Crippen LogP contribution >= 0.6 is 0 Å². The molecular weight excluding hydrogens is 220 g/mol. The van der Waals surface area contributed by atoms with Crippen LogP contribution in [0.15, 0.2) is 0 Å². The first-order chi connectivity index (χ1) is 8.20. The van der Waals surface area contributed by atoms with Crippen molar-refractivity contribution in [1.29, 1.82) is 0 Å². The summed E-state index contributed by atoms with van der Waals surface area (Å²) >= 11 is 0. The van der Waals surface area contributed by atoms with Crippen LogP contribution in [-0.4, -0.2) is 47.1 Å². The van der Waals surface area contributed by atoms with E-state index < -0.39 is 12.0 Å². The van der Waals surface area contributed by atoms with Crippen molar-refractivity contribution in [3.05, 3.63) is 0 Å². The normalized spacial score (nSPS) is 27.9. The summed E-state index contributed by atoms with van der Waals surface area (Å²) < 4.78 is 0. The number of carboxylic acids is 1. The molecule has 1 amide bonds. The predicted molar refractivity (Wildman–Crippen MR) is 62.6 cm³/mol. The molecule has 2 aliphatic rings. The van der Waals surface area contributed by atoms with Gasteiger partial charge in [-0.15, -0.1) is 0 Å². The predicted octanol–water partition coefficient (Wildman–Crippen LogP) is 0.594. The zero-order chi connectivity index (χ0) is 12.3. The number of hydrogen-bond donors (Lipinski definition) is 2. The smallest absolute Gasteiger partial charge is 0.327 e. The van der Waals surface area contributed by atoms with E-state index in [1.54, 1.807) is 4.90 Å². The Hall–Kier alpha value is -1.10. The maximum absolute atomic E-state index is 11.9. The van der Waals surface area contributed by atoms with Crippen LogP contribution in [0.2, 0.25) is 0 Å². The molecular formula is C12H20N2O3. The lowest BCUT2D eigenvalue weighted by atomic mass is 10.0. The van der Waals surface area contributed by atoms with Gasteiger partial charge in [0.1, 0.15) is 6.04 Å². The molecule has 0 spiro atoms. The largest absolute Gasteiger partial charge is 0.480 e. The van der Waals surface area contributed by atoms with Gasteiger partial charge in [0.15, 0.2) is 0 Å². The van der Waals surface area contributed by atoms with Crippen LogP contribution < -0.4 is 5.32 Å². The SMILES string of the molecule is O=C(O)C1CNCC(=O)N1C1CCCCCC1. The molecule has 1 saturated carbocycles. The molecule has 0 aromatic carbocycles. The average Bonchev–Trinajstić information content (AvgIpc) is 2.57. The number of carbonyl (C=O) groups excluding carboxylic acids is 1. The third-order valence-electron chi connectivity index (χ3n) is 3.74. The van der Waals surface area contributed by atoms with Crippen molar-refractivity contribution in [2.45, 2.75) is 50.6 Å². The van der Waals surface area contributed by atoms with Crippen molar-refractivity contribution >= 4 is 11.9 Å². The molecule has 2 N–H and O–H groups in total. The Morgan fingerprint density at radius 1 is 1.24 bits per heavy atom. The number of nitrogens with one attached hydrogen (secondary N) is 1. The molecule has 2 fully saturated rings. The zero-order valence-corrected chi connectivity index (χ0v) is 10.0. The van der Waals surface area contributed by atoms with Crippen LogP contribution in [0.3, 0.4) is 0 Å². The van der Waals surface area contributed by atoms with Gasteiger partial charge in [-0.1, -0.05) is 25.7 Å². The molecule has 1 atom stereocenters. The van der Waals surface area contributed by atoms with E-state index in [1.165, 1.54) is 12.8 Å². The van der Waals surface area contributed by atoms with Crippen molar-refractivity contribution < 1.29 is 14.7 Å². The second-order valence-electron chi connectivity index (χ2n) is 4.93. The van der Waals surface area contributed by atoms with E-state index in [9.17, 15) is 14.7 Å². The molecule has 0 radical (unpaired) electrons. The third kappa shape index (κ3) is 2.77. The maximum atomic E-state index is 11.9. The Morgan fingerprint density at radius 3 is 2.47 bits per heavy atom. The minimum atomic E-state index is -0.894. The fourth-order valence-corrected chi connectivity index (χ4v) is 2.88. The first-order valence-corrected chi connectivity index (χ1v) is 6.45. The quantitative estimate of drug-likeness (QED) is 0.693. The van der Waals surface area contributed by atoms with Crippen LogP contribution in [0, 0.1) is 0 Å². The minimum absolute atomic E-state index is 0.0597. The van der Waals surface area contributed by atoms with Crippen molar-refractivity contribution in [3.63, 3.8) is 0 Å². The Morgan fingerprint density at radius 2 is 1.88 bits per heavy atom. The van der Waals surface area contributed by atoms with E-state index in [4.69, 9.17) is 0 Å².